The van der Waals surface area contributed by atoms with Gasteiger partial charge in [0.25, 0.3) is 0 Å². The summed E-state index contributed by atoms with van der Waals surface area (Å²) in [6, 6.07) is 22.2. The summed E-state index contributed by atoms with van der Waals surface area (Å²) in [5.74, 6) is 2.08. The normalized spacial score (nSPS) is 11.3. The van der Waals surface area contributed by atoms with Crippen molar-refractivity contribution in [3.05, 3.63) is 121 Å². The molecule has 0 saturated carbocycles. The minimum Gasteiger partial charge on any atom is -0.504 e. The molecule has 0 atom stereocenters. The number of hydrogen-bond acceptors (Lipinski definition) is 7. The highest BCUT2D eigenvalue weighted by Crippen LogP contribution is 2.48. The van der Waals surface area contributed by atoms with E-state index in [1.165, 1.54) is 24.3 Å². The molecule has 0 unspecified atom stereocenters. The first-order valence-electron chi connectivity index (χ1n) is 12.9. The van der Waals surface area contributed by atoms with Crippen molar-refractivity contribution in [2.45, 2.75) is 6.42 Å². The standard InChI is InChI=1S/C31H17Br7O8S/c32-17-2-1-15(21(34)11-17)9-16-10-20(43-19-4-7-27(23(36)13-19)46-47(40,41)42)14-24(37)30(16)45-28-8-5-25(39)31(29(28)38)44-26-6-3-18(33)12-22(26)35/h1-8,10-14,39H,9H2,(H,40,41,42). The third kappa shape index (κ3) is 9.54. The Bertz CT molecular complexity index is 2110. The summed E-state index contributed by atoms with van der Waals surface area (Å²) in [6.07, 6.45) is 0.425. The Kier molecular flexibility index (Phi) is 12.1. The van der Waals surface area contributed by atoms with Crippen LogP contribution in [0.25, 0.3) is 0 Å². The molecule has 244 valence electrons. The minimum absolute atomic E-state index is 0.0972. The number of rotatable bonds is 10. The molecule has 0 aromatic heterocycles. The lowest BCUT2D eigenvalue weighted by Gasteiger charge is -2.19. The third-order valence-corrected chi connectivity index (χ3v) is 10.9. The van der Waals surface area contributed by atoms with Gasteiger partial charge >= 0.3 is 10.4 Å². The van der Waals surface area contributed by atoms with Crippen molar-refractivity contribution in [1.82, 2.24) is 0 Å². The Morgan fingerprint density at radius 3 is 1.81 bits per heavy atom. The molecular formula is C31H17Br7O8S. The van der Waals surface area contributed by atoms with Gasteiger partial charge in [-0.1, -0.05) is 53.9 Å². The SMILES string of the molecule is O=S(=O)(O)Oc1ccc(Oc2cc(Br)c(Oc3ccc(O)c(Oc4ccc(Br)cc4Br)c3Br)c(Cc3ccc(Br)cc3Br)c2)cc1Br. The van der Waals surface area contributed by atoms with E-state index in [0.29, 0.717) is 48.6 Å². The van der Waals surface area contributed by atoms with Crippen LogP contribution in [0.15, 0.2) is 110 Å². The van der Waals surface area contributed by atoms with Crippen LogP contribution in [-0.4, -0.2) is 18.1 Å². The molecule has 0 saturated heterocycles. The fourth-order valence-corrected chi connectivity index (χ4v) is 8.43. The number of ether oxygens (including phenoxy) is 3. The summed E-state index contributed by atoms with van der Waals surface area (Å²) in [5, 5.41) is 10.7. The van der Waals surface area contributed by atoms with E-state index in [1.807, 2.05) is 36.4 Å². The van der Waals surface area contributed by atoms with Crippen LogP contribution >= 0.6 is 112 Å². The number of benzene rings is 5. The molecule has 0 spiro atoms. The summed E-state index contributed by atoms with van der Waals surface area (Å²) >= 11 is 24.5. The van der Waals surface area contributed by atoms with Crippen molar-refractivity contribution in [2.75, 3.05) is 0 Å². The molecule has 8 nitrogen and oxygen atoms in total. The van der Waals surface area contributed by atoms with E-state index < -0.39 is 10.4 Å². The first-order chi connectivity index (χ1) is 22.2. The van der Waals surface area contributed by atoms with Gasteiger partial charge in [0.05, 0.1) is 13.4 Å². The van der Waals surface area contributed by atoms with Gasteiger partial charge in [-0.15, -0.1) is 0 Å². The molecule has 5 aromatic carbocycles. The van der Waals surface area contributed by atoms with Crippen LogP contribution in [0.1, 0.15) is 11.1 Å². The first kappa shape index (κ1) is 36.6. The predicted molar refractivity (Wildman–Crippen MR) is 203 cm³/mol. The second kappa shape index (κ2) is 15.5. The highest BCUT2D eigenvalue weighted by molar-refractivity contribution is 9.11. The van der Waals surface area contributed by atoms with Gasteiger partial charge < -0.3 is 23.5 Å². The highest BCUT2D eigenvalue weighted by atomic mass is 79.9. The van der Waals surface area contributed by atoms with Gasteiger partial charge in [0, 0.05) is 25.4 Å². The quantitative estimate of drug-likeness (QED) is 0.133. The summed E-state index contributed by atoms with van der Waals surface area (Å²) in [7, 11) is -4.70. The minimum atomic E-state index is -4.70. The van der Waals surface area contributed by atoms with Crippen LogP contribution in [0.5, 0.6) is 46.0 Å². The van der Waals surface area contributed by atoms with Crippen molar-refractivity contribution < 1.29 is 36.5 Å². The lowest BCUT2D eigenvalue weighted by Crippen LogP contribution is -2.06. The maximum Gasteiger partial charge on any atom is 0.446 e. The zero-order valence-corrected chi connectivity index (χ0v) is 35.0. The molecule has 0 aliphatic rings. The largest absolute Gasteiger partial charge is 0.504 e. The average molecular weight is 1110 g/mol. The van der Waals surface area contributed by atoms with Crippen LogP contribution in [-0.2, 0) is 16.8 Å². The van der Waals surface area contributed by atoms with Crippen molar-refractivity contribution in [3.8, 4) is 46.0 Å². The maximum atomic E-state index is 11.2. The zero-order chi connectivity index (χ0) is 34.0. The molecule has 16 heteroatoms. The van der Waals surface area contributed by atoms with Gasteiger partial charge in [0.1, 0.15) is 33.2 Å². The molecule has 0 fully saturated rings. The molecule has 0 bridgehead atoms. The molecule has 2 N–H and O–H groups in total. The summed E-state index contributed by atoms with van der Waals surface area (Å²) < 4.78 is 59.1. The summed E-state index contributed by atoms with van der Waals surface area (Å²) in [4.78, 5) is 0. The van der Waals surface area contributed by atoms with E-state index >= 15 is 0 Å². The van der Waals surface area contributed by atoms with Crippen LogP contribution in [0.2, 0.25) is 0 Å². The van der Waals surface area contributed by atoms with Crippen molar-refractivity contribution in [3.63, 3.8) is 0 Å². The van der Waals surface area contributed by atoms with E-state index in [1.54, 1.807) is 18.2 Å². The monoisotopic (exact) mass is 1100 g/mol. The van der Waals surface area contributed by atoms with Crippen molar-refractivity contribution >= 4 is 122 Å². The van der Waals surface area contributed by atoms with Crippen LogP contribution in [0.3, 0.4) is 0 Å². The van der Waals surface area contributed by atoms with E-state index in [4.69, 9.17) is 18.8 Å². The molecule has 0 aliphatic heterocycles. The van der Waals surface area contributed by atoms with Gasteiger partial charge in [-0.25, -0.2) is 0 Å². The van der Waals surface area contributed by atoms with E-state index in [0.717, 1.165) is 24.5 Å². The van der Waals surface area contributed by atoms with Crippen LogP contribution in [0.4, 0.5) is 0 Å². The zero-order valence-electron chi connectivity index (χ0n) is 23.1. The Morgan fingerprint density at radius 2 is 1.15 bits per heavy atom. The molecule has 0 heterocycles. The van der Waals surface area contributed by atoms with Gasteiger partial charge in [-0.3, -0.25) is 4.55 Å². The smallest absolute Gasteiger partial charge is 0.446 e. The second-order valence-electron chi connectivity index (χ2n) is 9.52. The molecule has 0 amide bonds. The molecule has 0 aliphatic carbocycles. The Labute approximate surface area is 328 Å². The third-order valence-electron chi connectivity index (χ3n) is 6.18. The molecule has 5 aromatic rings. The number of aromatic hydroxyl groups is 1. The maximum absolute atomic E-state index is 11.2. The van der Waals surface area contributed by atoms with Crippen LogP contribution in [0, 0.1) is 0 Å². The number of hydrogen-bond donors (Lipinski definition) is 2. The lowest BCUT2D eigenvalue weighted by molar-refractivity contribution is 0.385. The molecular weight excluding hydrogens is 1090 g/mol. The number of phenolic OH excluding ortho intramolecular Hbond substituents is 1. The Balaban J connectivity index is 1.52. The summed E-state index contributed by atoms with van der Waals surface area (Å²) in [5.41, 5.74) is 1.70. The number of halogens is 7. The van der Waals surface area contributed by atoms with Crippen molar-refractivity contribution in [1.29, 1.82) is 0 Å². The average Bonchev–Trinajstić information content (AvgIpc) is 2.97. The molecule has 5 rings (SSSR count). The molecule has 0 radical (unpaired) electrons. The van der Waals surface area contributed by atoms with Gasteiger partial charge in [0.15, 0.2) is 17.2 Å². The fourth-order valence-electron chi connectivity index (χ4n) is 4.14. The van der Waals surface area contributed by atoms with E-state index in [2.05, 4.69) is 116 Å². The Hall–Kier alpha value is -1.63. The summed E-state index contributed by atoms with van der Waals surface area (Å²) in [6.45, 7) is 0. The number of phenols is 1. The topological polar surface area (TPSA) is 112 Å². The lowest BCUT2D eigenvalue weighted by atomic mass is 10.0. The van der Waals surface area contributed by atoms with Gasteiger partial charge in [-0.05, 0) is 142 Å². The van der Waals surface area contributed by atoms with Gasteiger partial charge in [-0.2, -0.15) is 8.42 Å². The van der Waals surface area contributed by atoms with Crippen LogP contribution < -0.4 is 18.4 Å². The van der Waals surface area contributed by atoms with Crippen molar-refractivity contribution in [2.24, 2.45) is 0 Å². The highest BCUT2D eigenvalue weighted by Gasteiger charge is 2.21. The fraction of sp³-hybridized carbons (Fsp3) is 0.0323. The predicted octanol–water partition coefficient (Wildman–Crippen LogP) is 12.9. The Morgan fingerprint density at radius 1 is 0.553 bits per heavy atom. The van der Waals surface area contributed by atoms with E-state index in [9.17, 15) is 13.5 Å². The second-order valence-corrected chi connectivity index (χ2v) is 16.6. The van der Waals surface area contributed by atoms with E-state index in [-0.39, 0.29) is 21.7 Å². The first-order valence-corrected chi connectivity index (χ1v) is 19.8. The molecule has 47 heavy (non-hydrogen) atoms. The van der Waals surface area contributed by atoms with Gasteiger partial charge in [0.2, 0.25) is 0 Å².